The zero-order valence-corrected chi connectivity index (χ0v) is 10.8. The van der Waals surface area contributed by atoms with Gasteiger partial charge in [-0.1, -0.05) is 6.58 Å². The summed E-state index contributed by atoms with van der Waals surface area (Å²) in [6.45, 7) is 3.69. The number of hydrogen-bond acceptors (Lipinski definition) is 4. The maximum atomic E-state index is 12.0. The third-order valence-electron chi connectivity index (χ3n) is 2.72. The highest BCUT2D eigenvalue weighted by Crippen LogP contribution is 2.25. The molecule has 5 nitrogen and oxygen atoms in total. The van der Waals surface area contributed by atoms with Crippen LogP contribution in [0.15, 0.2) is 23.7 Å². The molecule has 6 heteroatoms. The molecule has 1 unspecified atom stereocenters. The van der Waals surface area contributed by atoms with Gasteiger partial charge in [-0.25, -0.2) is 0 Å². The van der Waals surface area contributed by atoms with Crippen molar-refractivity contribution >= 4 is 23.2 Å². The van der Waals surface area contributed by atoms with Gasteiger partial charge in [0.2, 0.25) is 5.91 Å². The lowest BCUT2D eigenvalue weighted by atomic mass is 10.0. The van der Waals surface area contributed by atoms with Crippen LogP contribution in [0.2, 0.25) is 0 Å². The van der Waals surface area contributed by atoms with E-state index in [9.17, 15) is 9.59 Å². The summed E-state index contributed by atoms with van der Waals surface area (Å²) in [5, 5.41) is 7.66. The molecule has 1 atom stereocenters. The van der Waals surface area contributed by atoms with Crippen molar-refractivity contribution in [2.45, 2.75) is 18.9 Å². The van der Waals surface area contributed by atoms with Crippen molar-refractivity contribution in [3.63, 3.8) is 0 Å². The van der Waals surface area contributed by atoms with Crippen molar-refractivity contribution < 1.29 is 14.3 Å². The average molecular weight is 266 g/mol. The van der Waals surface area contributed by atoms with Crippen LogP contribution in [-0.2, 0) is 4.79 Å². The molecule has 0 spiro atoms. The Labute approximate surface area is 109 Å². The van der Waals surface area contributed by atoms with Crippen LogP contribution in [0, 0.1) is 0 Å². The molecule has 1 saturated heterocycles. The molecule has 96 valence electrons. The topological polar surface area (TPSA) is 67.4 Å². The van der Waals surface area contributed by atoms with Crippen molar-refractivity contribution in [1.29, 1.82) is 0 Å². The number of ether oxygens (including phenoxy) is 1. The lowest BCUT2D eigenvalue weighted by Gasteiger charge is -2.24. The number of piperidine rings is 1. The molecular formula is C12H14N2O3S. The molecule has 0 saturated carbocycles. The minimum Gasteiger partial charge on any atom is -0.487 e. The number of allylic oxidation sites excluding steroid dienone is 1. The summed E-state index contributed by atoms with van der Waals surface area (Å²) in [6.07, 6.45) is 1.25. The largest absolute Gasteiger partial charge is 0.487 e. The van der Waals surface area contributed by atoms with Gasteiger partial charge in [0.25, 0.3) is 5.91 Å². The summed E-state index contributed by atoms with van der Waals surface area (Å²) in [7, 11) is 1.51. The molecule has 2 N–H and O–H groups in total. The van der Waals surface area contributed by atoms with Gasteiger partial charge in [-0.05, 0) is 24.3 Å². The van der Waals surface area contributed by atoms with E-state index in [1.165, 1.54) is 18.4 Å². The van der Waals surface area contributed by atoms with Gasteiger partial charge in [-0.2, -0.15) is 0 Å². The molecule has 2 heterocycles. The van der Waals surface area contributed by atoms with E-state index in [1.807, 2.05) is 0 Å². The fraction of sp³-hybridized carbons (Fsp3) is 0.333. The third-order valence-corrected chi connectivity index (χ3v) is 3.59. The summed E-state index contributed by atoms with van der Waals surface area (Å²) in [6, 6.07) is 1.17. The second kappa shape index (κ2) is 5.22. The van der Waals surface area contributed by atoms with Gasteiger partial charge in [0, 0.05) is 5.70 Å². The Morgan fingerprint density at radius 3 is 3.11 bits per heavy atom. The number of thiophene rings is 1. The number of hydrogen-bond donors (Lipinski definition) is 2. The Morgan fingerprint density at radius 2 is 2.44 bits per heavy atom. The smallest absolute Gasteiger partial charge is 0.256 e. The second-order valence-electron chi connectivity index (χ2n) is 3.98. The maximum Gasteiger partial charge on any atom is 0.256 e. The predicted octanol–water partition coefficient (Wildman–Crippen LogP) is 1.28. The zero-order valence-electron chi connectivity index (χ0n) is 9.99. The number of nitrogens with one attached hydrogen (secondary N) is 2. The summed E-state index contributed by atoms with van der Waals surface area (Å²) in [5.74, 6) is -0.505. The first-order chi connectivity index (χ1) is 8.61. The van der Waals surface area contributed by atoms with Crippen LogP contribution in [0.3, 0.4) is 0 Å². The fourth-order valence-corrected chi connectivity index (χ4v) is 2.48. The van der Waals surface area contributed by atoms with Gasteiger partial charge in [-0.15, -0.1) is 11.3 Å². The van der Waals surface area contributed by atoms with Gasteiger partial charge in [0.1, 0.15) is 6.04 Å². The summed E-state index contributed by atoms with van der Waals surface area (Å²) in [5.41, 5.74) is 1.15. The summed E-state index contributed by atoms with van der Waals surface area (Å²) < 4.78 is 5.08. The number of rotatable bonds is 3. The van der Waals surface area contributed by atoms with Gasteiger partial charge >= 0.3 is 0 Å². The normalized spacial score (nSPS) is 19.3. The average Bonchev–Trinajstić information content (AvgIpc) is 2.81. The van der Waals surface area contributed by atoms with Crippen LogP contribution in [0.25, 0.3) is 0 Å². The minimum atomic E-state index is -0.507. The molecule has 2 rings (SSSR count). The van der Waals surface area contributed by atoms with E-state index in [1.54, 1.807) is 11.4 Å². The second-order valence-corrected chi connectivity index (χ2v) is 4.86. The predicted molar refractivity (Wildman–Crippen MR) is 68.6 cm³/mol. The quantitative estimate of drug-likeness (QED) is 0.866. The molecule has 1 aliphatic rings. The van der Waals surface area contributed by atoms with Gasteiger partial charge < -0.3 is 15.4 Å². The van der Waals surface area contributed by atoms with E-state index < -0.39 is 6.04 Å². The molecule has 1 fully saturated rings. The van der Waals surface area contributed by atoms with Crippen LogP contribution in [0.4, 0.5) is 0 Å². The van der Waals surface area contributed by atoms with Crippen molar-refractivity contribution in [1.82, 2.24) is 10.6 Å². The molecule has 0 bridgehead atoms. The van der Waals surface area contributed by atoms with Crippen LogP contribution >= 0.6 is 11.3 Å². The number of carbonyl (C=O) groups is 2. The van der Waals surface area contributed by atoms with Crippen LogP contribution in [0.1, 0.15) is 23.2 Å². The van der Waals surface area contributed by atoms with E-state index in [-0.39, 0.29) is 11.8 Å². The third kappa shape index (κ3) is 2.53. The van der Waals surface area contributed by atoms with E-state index in [4.69, 9.17) is 4.74 Å². The highest BCUT2D eigenvalue weighted by Gasteiger charge is 2.26. The molecule has 0 radical (unpaired) electrons. The highest BCUT2D eigenvalue weighted by molar-refractivity contribution is 7.12. The van der Waals surface area contributed by atoms with Crippen LogP contribution in [0.5, 0.6) is 5.06 Å². The lowest BCUT2D eigenvalue weighted by Crippen LogP contribution is -2.49. The van der Waals surface area contributed by atoms with E-state index in [2.05, 4.69) is 17.2 Å². The maximum absolute atomic E-state index is 12.0. The van der Waals surface area contributed by atoms with E-state index in [0.717, 1.165) is 0 Å². The number of amides is 2. The minimum absolute atomic E-state index is 0.214. The Morgan fingerprint density at radius 1 is 1.67 bits per heavy atom. The first-order valence-corrected chi connectivity index (χ1v) is 6.40. The molecule has 1 aliphatic heterocycles. The molecule has 2 amide bonds. The number of carbonyl (C=O) groups excluding carboxylic acids is 2. The monoisotopic (exact) mass is 266 g/mol. The van der Waals surface area contributed by atoms with E-state index >= 15 is 0 Å². The Bertz CT molecular complexity index is 495. The lowest BCUT2D eigenvalue weighted by molar-refractivity contribution is -0.123. The van der Waals surface area contributed by atoms with Crippen molar-refractivity contribution in [2.75, 3.05) is 7.11 Å². The van der Waals surface area contributed by atoms with Crippen molar-refractivity contribution in [2.24, 2.45) is 0 Å². The standard InChI is InChI=1S/C12H14N2O3S/c1-7-3-4-9(11(16)13-7)14-10(15)8-5-6-18-12(8)17-2/h5-6,9H,1,3-4H2,2H3,(H,13,16)(H,14,15). The van der Waals surface area contributed by atoms with Crippen LogP contribution < -0.4 is 15.4 Å². The summed E-state index contributed by atoms with van der Waals surface area (Å²) in [4.78, 5) is 23.6. The molecule has 0 aliphatic carbocycles. The zero-order chi connectivity index (χ0) is 13.1. The molecule has 1 aromatic rings. The molecular weight excluding hydrogens is 252 g/mol. The van der Waals surface area contributed by atoms with E-state index in [0.29, 0.717) is 29.2 Å². The Kier molecular flexibility index (Phi) is 3.66. The molecule has 0 aromatic carbocycles. The van der Waals surface area contributed by atoms with Gasteiger partial charge in [0.05, 0.1) is 12.7 Å². The fourth-order valence-electron chi connectivity index (χ4n) is 1.77. The van der Waals surface area contributed by atoms with Gasteiger partial charge in [-0.3, -0.25) is 9.59 Å². The first-order valence-electron chi connectivity index (χ1n) is 5.53. The van der Waals surface area contributed by atoms with Crippen molar-refractivity contribution in [3.8, 4) is 5.06 Å². The molecule has 1 aromatic heterocycles. The first kappa shape index (κ1) is 12.6. The molecule has 18 heavy (non-hydrogen) atoms. The SMILES string of the molecule is C=C1CCC(NC(=O)c2ccsc2OC)C(=O)N1. The summed E-state index contributed by atoms with van der Waals surface area (Å²) >= 11 is 1.34. The van der Waals surface area contributed by atoms with Crippen LogP contribution in [-0.4, -0.2) is 25.0 Å². The van der Waals surface area contributed by atoms with Gasteiger partial charge in [0.15, 0.2) is 5.06 Å². The highest BCUT2D eigenvalue weighted by atomic mass is 32.1. The Hall–Kier alpha value is -1.82. The number of methoxy groups -OCH3 is 1. The van der Waals surface area contributed by atoms with Crippen molar-refractivity contribution in [3.05, 3.63) is 29.3 Å². The Balaban J connectivity index is 2.03.